The first-order valence-corrected chi connectivity index (χ1v) is 12.9. The molecule has 2 aromatic carbocycles. The van der Waals surface area contributed by atoms with Crippen molar-refractivity contribution < 1.29 is 17.9 Å². The third kappa shape index (κ3) is 4.26. The molecule has 2 aromatic heterocycles. The number of ether oxygens (including phenoxy) is 1. The first-order valence-electron chi connectivity index (χ1n) is 10.1. The predicted molar refractivity (Wildman–Crippen MR) is 123 cm³/mol. The van der Waals surface area contributed by atoms with Gasteiger partial charge in [0.2, 0.25) is 5.91 Å². The summed E-state index contributed by atoms with van der Waals surface area (Å²) in [5.41, 5.74) is 3.76. The number of rotatable bonds is 6. The van der Waals surface area contributed by atoms with Crippen LogP contribution >= 0.6 is 11.3 Å². The highest BCUT2D eigenvalue weighted by molar-refractivity contribution is 7.90. The van der Waals surface area contributed by atoms with E-state index in [0.717, 1.165) is 33.1 Å². The summed E-state index contributed by atoms with van der Waals surface area (Å²) < 4.78 is 31.2. The minimum Gasteiger partial charge on any atom is -0.488 e. The van der Waals surface area contributed by atoms with Crippen LogP contribution in [0.4, 0.5) is 0 Å². The van der Waals surface area contributed by atoms with Gasteiger partial charge in [0, 0.05) is 30.5 Å². The topological polar surface area (TPSA) is 89.8 Å². The van der Waals surface area contributed by atoms with Crippen molar-refractivity contribution in [3.63, 3.8) is 0 Å². The Kier molecular flexibility index (Phi) is 5.22. The molecule has 0 saturated heterocycles. The molecule has 1 aliphatic heterocycles. The number of fused-ring (bicyclic) bond motifs is 2. The number of carbonyl (C=O) groups excluding carboxylic acids is 1. The Morgan fingerprint density at radius 3 is 2.75 bits per heavy atom. The Hall–Kier alpha value is -3.17. The van der Waals surface area contributed by atoms with Crippen LogP contribution in [0.15, 0.2) is 65.1 Å². The Balaban J connectivity index is 1.19. The van der Waals surface area contributed by atoms with E-state index in [9.17, 15) is 13.2 Å². The maximum absolute atomic E-state index is 12.3. The summed E-state index contributed by atoms with van der Waals surface area (Å²) in [5.74, 6) is 0.733. The number of aromatic nitrogens is 2. The SMILES string of the molecule is CS(=O)(=O)c1ccc(-c2ccc3c(c2)CC(CNC(=O)Cc2cn4ccsc4n2)O3)cc1. The maximum atomic E-state index is 12.3. The zero-order valence-electron chi connectivity index (χ0n) is 17.3. The average Bonchev–Trinajstić information content (AvgIpc) is 3.45. The molecule has 7 nitrogen and oxygen atoms in total. The number of benzene rings is 2. The van der Waals surface area contributed by atoms with Crippen molar-refractivity contribution in [3.05, 3.63) is 71.5 Å². The highest BCUT2D eigenvalue weighted by Crippen LogP contribution is 2.33. The zero-order valence-corrected chi connectivity index (χ0v) is 18.9. The minimum atomic E-state index is -3.22. The van der Waals surface area contributed by atoms with Gasteiger partial charge in [0.1, 0.15) is 11.9 Å². The molecular formula is C23H21N3O4S2. The van der Waals surface area contributed by atoms with Crippen LogP contribution < -0.4 is 10.1 Å². The van der Waals surface area contributed by atoms with Gasteiger partial charge in [-0.3, -0.25) is 9.20 Å². The second kappa shape index (κ2) is 8.07. The molecule has 4 aromatic rings. The largest absolute Gasteiger partial charge is 0.488 e. The lowest BCUT2D eigenvalue weighted by molar-refractivity contribution is -0.120. The molecule has 5 rings (SSSR count). The highest BCUT2D eigenvalue weighted by Gasteiger charge is 2.24. The number of thiazole rings is 1. The summed E-state index contributed by atoms with van der Waals surface area (Å²) in [6, 6.07) is 12.8. The molecule has 1 N–H and O–H groups in total. The maximum Gasteiger partial charge on any atom is 0.226 e. The van der Waals surface area contributed by atoms with Crippen molar-refractivity contribution in [2.75, 3.05) is 12.8 Å². The van der Waals surface area contributed by atoms with Crippen LogP contribution in [0.1, 0.15) is 11.3 Å². The monoisotopic (exact) mass is 467 g/mol. The second-order valence-corrected chi connectivity index (χ2v) is 10.8. The third-order valence-electron chi connectivity index (χ3n) is 5.43. The lowest BCUT2D eigenvalue weighted by atomic mass is 10.0. The lowest BCUT2D eigenvalue weighted by Crippen LogP contribution is -2.35. The van der Waals surface area contributed by atoms with Crippen molar-refractivity contribution in [3.8, 4) is 16.9 Å². The summed E-state index contributed by atoms with van der Waals surface area (Å²) >= 11 is 1.54. The Labute approximate surface area is 189 Å². The van der Waals surface area contributed by atoms with Gasteiger partial charge in [-0.2, -0.15) is 0 Å². The van der Waals surface area contributed by atoms with Crippen LogP contribution in [0.25, 0.3) is 16.1 Å². The molecule has 32 heavy (non-hydrogen) atoms. The molecule has 0 radical (unpaired) electrons. The molecular weight excluding hydrogens is 446 g/mol. The number of carbonyl (C=O) groups is 1. The van der Waals surface area contributed by atoms with E-state index in [0.29, 0.717) is 17.9 Å². The van der Waals surface area contributed by atoms with E-state index in [1.807, 2.05) is 46.4 Å². The summed E-state index contributed by atoms with van der Waals surface area (Å²) in [7, 11) is -3.22. The van der Waals surface area contributed by atoms with Crippen LogP contribution in [0, 0.1) is 0 Å². The van der Waals surface area contributed by atoms with E-state index in [2.05, 4.69) is 16.4 Å². The minimum absolute atomic E-state index is 0.0815. The number of nitrogens with zero attached hydrogens (tertiary/aromatic N) is 2. The number of hydrogen-bond donors (Lipinski definition) is 1. The molecule has 0 aliphatic carbocycles. The van der Waals surface area contributed by atoms with Crippen LogP contribution in [0.5, 0.6) is 5.75 Å². The van der Waals surface area contributed by atoms with Gasteiger partial charge in [0.15, 0.2) is 14.8 Å². The molecule has 0 saturated carbocycles. The fraction of sp³-hybridized carbons (Fsp3) is 0.217. The van der Waals surface area contributed by atoms with Crippen molar-refractivity contribution in [2.24, 2.45) is 0 Å². The first kappa shape index (κ1) is 20.7. The van der Waals surface area contributed by atoms with Crippen molar-refractivity contribution in [1.29, 1.82) is 0 Å². The average molecular weight is 468 g/mol. The zero-order chi connectivity index (χ0) is 22.3. The number of sulfone groups is 1. The third-order valence-corrected chi connectivity index (χ3v) is 7.33. The molecule has 164 valence electrons. The van der Waals surface area contributed by atoms with E-state index in [1.165, 1.54) is 17.6 Å². The van der Waals surface area contributed by atoms with Gasteiger partial charge in [-0.1, -0.05) is 18.2 Å². The van der Waals surface area contributed by atoms with E-state index in [4.69, 9.17) is 4.74 Å². The molecule has 1 unspecified atom stereocenters. The van der Waals surface area contributed by atoms with Crippen LogP contribution in [0.2, 0.25) is 0 Å². The fourth-order valence-electron chi connectivity index (χ4n) is 3.82. The summed E-state index contributed by atoms with van der Waals surface area (Å²) in [5, 5.41) is 4.90. The van der Waals surface area contributed by atoms with E-state index < -0.39 is 9.84 Å². The number of hydrogen-bond acceptors (Lipinski definition) is 6. The van der Waals surface area contributed by atoms with Crippen molar-refractivity contribution in [2.45, 2.75) is 23.8 Å². The van der Waals surface area contributed by atoms with Gasteiger partial charge < -0.3 is 10.1 Å². The molecule has 0 fully saturated rings. The number of amides is 1. The summed E-state index contributed by atoms with van der Waals surface area (Å²) in [6.07, 6.45) is 5.81. The van der Waals surface area contributed by atoms with Crippen molar-refractivity contribution in [1.82, 2.24) is 14.7 Å². The fourth-order valence-corrected chi connectivity index (χ4v) is 5.17. The van der Waals surface area contributed by atoms with Gasteiger partial charge in [-0.15, -0.1) is 11.3 Å². The van der Waals surface area contributed by atoms with Gasteiger partial charge in [-0.05, 0) is 41.0 Å². The Morgan fingerprint density at radius 2 is 2.00 bits per heavy atom. The second-order valence-electron chi connectivity index (χ2n) is 7.87. The Bertz CT molecular complexity index is 1380. The van der Waals surface area contributed by atoms with Gasteiger partial charge >= 0.3 is 0 Å². The highest BCUT2D eigenvalue weighted by atomic mass is 32.2. The molecule has 9 heteroatoms. The first-order chi connectivity index (χ1) is 15.3. The lowest BCUT2D eigenvalue weighted by Gasteiger charge is -2.11. The Morgan fingerprint density at radius 1 is 1.22 bits per heavy atom. The standard InChI is InChI=1S/C23H21N3O4S2/c1-32(28,29)20-5-2-15(3-6-20)16-4-7-21-17(10-16)11-19(30-21)13-24-22(27)12-18-14-26-8-9-31-23(26)25-18/h2-10,14,19H,11-13H2,1H3,(H,24,27). The van der Waals surface area contributed by atoms with Crippen molar-refractivity contribution >= 4 is 32.0 Å². The molecule has 3 heterocycles. The quantitative estimate of drug-likeness (QED) is 0.471. The molecule has 1 amide bonds. The molecule has 1 atom stereocenters. The number of nitrogens with one attached hydrogen (secondary N) is 1. The van der Waals surface area contributed by atoms with Crippen LogP contribution in [-0.4, -0.2) is 42.6 Å². The molecule has 1 aliphatic rings. The van der Waals surface area contributed by atoms with Gasteiger partial charge in [-0.25, -0.2) is 13.4 Å². The summed E-state index contributed by atoms with van der Waals surface area (Å²) in [4.78, 5) is 17.9. The predicted octanol–water partition coefficient (Wildman–Crippen LogP) is 3.13. The van der Waals surface area contributed by atoms with E-state index in [1.54, 1.807) is 12.1 Å². The molecule has 0 spiro atoms. The molecule has 0 bridgehead atoms. The van der Waals surface area contributed by atoms with Gasteiger partial charge in [0.25, 0.3) is 0 Å². The number of imidazole rings is 1. The van der Waals surface area contributed by atoms with E-state index >= 15 is 0 Å². The van der Waals surface area contributed by atoms with Crippen LogP contribution in [-0.2, 0) is 27.5 Å². The summed E-state index contributed by atoms with van der Waals surface area (Å²) in [6.45, 7) is 0.425. The van der Waals surface area contributed by atoms with E-state index in [-0.39, 0.29) is 18.4 Å². The smallest absolute Gasteiger partial charge is 0.226 e. The van der Waals surface area contributed by atoms with Crippen LogP contribution in [0.3, 0.4) is 0 Å². The normalized spacial score (nSPS) is 15.5. The van der Waals surface area contributed by atoms with Gasteiger partial charge in [0.05, 0.1) is 23.6 Å².